The monoisotopic (exact) mass is 415 g/mol. The number of benzene rings is 1. The third-order valence-electron chi connectivity index (χ3n) is 3.98. The normalized spacial score (nSPS) is 23.4. The molecule has 1 N–H and O–H groups in total. The number of halogens is 1. The van der Waals surface area contributed by atoms with Crippen molar-refractivity contribution < 1.29 is 23.7 Å². The summed E-state index contributed by atoms with van der Waals surface area (Å²) >= 11 is 3.65. The topological polar surface area (TPSA) is 58.2 Å². The highest BCUT2D eigenvalue weighted by Gasteiger charge is 2.31. The molecular weight excluding hydrogens is 390 g/mol. The number of hydrogen-bond acceptors (Lipinski definition) is 6. The van der Waals surface area contributed by atoms with Crippen LogP contribution in [0.4, 0.5) is 0 Å². The summed E-state index contributed by atoms with van der Waals surface area (Å²) in [5.74, 6) is 0.855. The third kappa shape index (κ3) is 6.36. The largest absolute Gasteiger partial charge is 0.497 e. The van der Waals surface area contributed by atoms with Gasteiger partial charge in [0, 0.05) is 31.3 Å². The molecule has 0 aromatic heterocycles. The number of rotatable bonds is 10. The summed E-state index contributed by atoms with van der Waals surface area (Å²) in [6.45, 7) is 1.20. The van der Waals surface area contributed by atoms with E-state index in [4.69, 9.17) is 23.7 Å². The Morgan fingerprint density at radius 3 is 2.36 bits per heavy atom. The molecule has 2 rings (SSSR count). The lowest BCUT2D eigenvalue weighted by Crippen LogP contribution is -2.43. The lowest BCUT2D eigenvalue weighted by Gasteiger charge is -2.33. The van der Waals surface area contributed by atoms with Gasteiger partial charge in [-0.3, -0.25) is 0 Å². The molecule has 1 aliphatic rings. The van der Waals surface area contributed by atoms with Crippen molar-refractivity contribution >= 4 is 15.9 Å². The maximum Gasteiger partial charge on any atom is 0.147 e. The molecule has 0 radical (unpaired) electrons. The van der Waals surface area contributed by atoms with Gasteiger partial charge in [0.25, 0.3) is 0 Å². The molecule has 0 fully saturated rings. The molecule has 140 valence electrons. The van der Waals surface area contributed by atoms with E-state index in [1.165, 1.54) is 5.56 Å². The van der Waals surface area contributed by atoms with E-state index in [0.717, 1.165) is 23.2 Å². The van der Waals surface area contributed by atoms with Crippen molar-refractivity contribution in [2.75, 3.05) is 34.9 Å². The summed E-state index contributed by atoms with van der Waals surface area (Å²) in [5, 5.41) is 3.54. The Kier molecular flexibility index (Phi) is 8.88. The van der Waals surface area contributed by atoms with Crippen molar-refractivity contribution in [3.05, 3.63) is 40.4 Å². The Labute approximate surface area is 157 Å². The van der Waals surface area contributed by atoms with Gasteiger partial charge in [0.1, 0.15) is 25.4 Å². The van der Waals surface area contributed by atoms with Crippen molar-refractivity contribution in [3.63, 3.8) is 0 Å². The smallest absolute Gasteiger partial charge is 0.147 e. The zero-order chi connectivity index (χ0) is 18.1. The van der Waals surface area contributed by atoms with Crippen LogP contribution in [0, 0.1) is 0 Å². The predicted molar refractivity (Wildman–Crippen MR) is 98.7 cm³/mol. The molecule has 0 saturated heterocycles. The van der Waals surface area contributed by atoms with Crippen molar-refractivity contribution in [1.29, 1.82) is 0 Å². The van der Waals surface area contributed by atoms with Crippen molar-refractivity contribution in [2.24, 2.45) is 0 Å². The quantitative estimate of drug-likeness (QED) is 0.592. The minimum Gasteiger partial charge on any atom is -0.497 e. The summed E-state index contributed by atoms with van der Waals surface area (Å²) in [6.07, 6.45) is 2.51. The van der Waals surface area contributed by atoms with Crippen molar-refractivity contribution in [3.8, 4) is 5.75 Å². The molecule has 0 saturated carbocycles. The molecule has 0 heterocycles. The Hall–Kier alpha value is -0.960. The molecule has 25 heavy (non-hydrogen) atoms. The molecule has 7 heteroatoms. The van der Waals surface area contributed by atoms with Gasteiger partial charge >= 0.3 is 0 Å². The molecule has 0 aliphatic heterocycles. The first kappa shape index (κ1) is 20.4. The van der Waals surface area contributed by atoms with Crippen LogP contribution in [0.5, 0.6) is 5.75 Å². The highest BCUT2D eigenvalue weighted by atomic mass is 79.9. The Morgan fingerprint density at radius 1 is 1.04 bits per heavy atom. The summed E-state index contributed by atoms with van der Waals surface area (Å²) in [5.41, 5.74) is 1.19. The van der Waals surface area contributed by atoms with Crippen molar-refractivity contribution in [1.82, 2.24) is 5.32 Å². The van der Waals surface area contributed by atoms with E-state index in [1.807, 2.05) is 18.2 Å². The average Bonchev–Trinajstić information content (AvgIpc) is 2.64. The molecule has 0 amide bonds. The molecule has 1 aromatic carbocycles. The fourth-order valence-electron chi connectivity index (χ4n) is 2.65. The number of methoxy groups -OCH3 is 3. The minimum absolute atomic E-state index is 0.107. The van der Waals surface area contributed by atoms with E-state index in [2.05, 4.69) is 33.4 Å². The van der Waals surface area contributed by atoms with Gasteiger partial charge in [0.05, 0.1) is 13.2 Å². The number of hydrogen-bond donors (Lipinski definition) is 1. The molecule has 0 unspecified atom stereocenters. The second-order valence-electron chi connectivity index (χ2n) is 5.72. The first-order valence-corrected chi connectivity index (χ1v) is 8.91. The van der Waals surface area contributed by atoms with Gasteiger partial charge in [-0.1, -0.05) is 28.1 Å². The van der Waals surface area contributed by atoms with Gasteiger partial charge in [0.15, 0.2) is 0 Å². The maximum atomic E-state index is 5.78. The van der Waals surface area contributed by atoms with Crippen LogP contribution in [0.3, 0.4) is 0 Å². The molecule has 0 bridgehead atoms. The van der Waals surface area contributed by atoms with E-state index in [9.17, 15) is 0 Å². The standard InChI is InChI=1S/C18H26BrNO5/c1-21-11-24-17-8-15(19)16(9-18(17)25-12-22-2)20-10-13-4-6-14(23-3)7-5-13/h4-8,16-18,20H,9-12H2,1-3H3/t16-,17-,18+/m1/s1. The van der Waals surface area contributed by atoms with Gasteiger partial charge in [-0.05, 0) is 30.2 Å². The zero-order valence-electron chi connectivity index (χ0n) is 14.9. The summed E-state index contributed by atoms with van der Waals surface area (Å²) < 4.78 is 27.8. The second kappa shape index (κ2) is 10.9. The molecule has 1 aromatic rings. The van der Waals surface area contributed by atoms with Crippen LogP contribution in [0.1, 0.15) is 12.0 Å². The van der Waals surface area contributed by atoms with Crippen LogP contribution < -0.4 is 10.1 Å². The number of ether oxygens (including phenoxy) is 5. The molecule has 6 nitrogen and oxygen atoms in total. The Balaban J connectivity index is 1.96. The van der Waals surface area contributed by atoms with Crippen LogP contribution in [-0.4, -0.2) is 53.2 Å². The van der Waals surface area contributed by atoms with E-state index in [1.54, 1.807) is 21.3 Å². The highest BCUT2D eigenvalue weighted by Crippen LogP contribution is 2.28. The van der Waals surface area contributed by atoms with Gasteiger partial charge in [-0.15, -0.1) is 0 Å². The molecule has 1 aliphatic carbocycles. The van der Waals surface area contributed by atoms with Crippen LogP contribution in [0.2, 0.25) is 0 Å². The fraction of sp³-hybridized carbons (Fsp3) is 0.556. The summed E-state index contributed by atoms with van der Waals surface area (Å²) in [6, 6.07) is 8.17. The van der Waals surface area contributed by atoms with E-state index in [0.29, 0.717) is 0 Å². The van der Waals surface area contributed by atoms with Gasteiger partial charge in [-0.25, -0.2) is 0 Å². The van der Waals surface area contributed by atoms with E-state index < -0.39 is 0 Å². The van der Waals surface area contributed by atoms with Crippen LogP contribution in [0.15, 0.2) is 34.8 Å². The van der Waals surface area contributed by atoms with Gasteiger partial charge < -0.3 is 29.0 Å². The second-order valence-corrected chi connectivity index (χ2v) is 6.63. The minimum atomic E-state index is -0.177. The first-order chi connectivity index (χ1) is 12.2. The predicted octanol–water partition coefficient (Wildman–Crippen LogP) is 2.81. The van der Waals surface area contributed by atoms with Gasteiger partial charge in [0.2, 0.25) is 0 Å². The lowest BCUT2D eigenvalue weighted by atomic mass is 9.97. The van der Waals surface area contributed by atoms with Crippen LogP contribution >= 0.6 is 15.9 Å². The van der Waals surface area contributed by atoms with Gasteiger partial charge in [-0.2, -0.15) is 0 Å². The average molecular weight is 416 g/mol. The fourth-order valence-corrected chi connectivity index (χ4v) is 3.25. The third-order valence-corrected chi connectivity index (χ3v) is 4.80. The zero-order valence-corrected chi connectivity index (χ0v) is 16.5. The Bertz CT molecular complexity index is 537. The van der Waals surface area contributed by atoms with Crippen LogP contribution in [-0.2, 0) is 25.5 Å². The van der Waals surface area contributed by atoms with Crippen LogP contribution in [0.25, 0.3) is 0 Å². The highest BCUT2D eigenvalue weighted by molar-refractivity contribution is 9.11. The summed E-state index contributed by atoms with van der Waals surface area (Å²) in [7, 11) is 4.88. The summed E-state index contributed by atoms with van der Waals surface area (Å²) in [4.78, 5) is 0. The van der Waals surface area contributed by atoms with Crippen molar-refractivity contribution in [2.45, 2.75) is 31.2 Å². The maximum absolute atomic E-state index is 5.78. The molecule has 3 atom stereocenters. The molecular formula is C18H26BrNO5. The number of nitrogens with one attached hydrogen (secondary N) is 1. The SMILES string of the molecule is COCO[C@H]1C[C@@H](NCc2ccc(OC)cc2)C(Br)=C[C@H]1OCOC. The first-order valence-electron chi connectivity index (χ1n) is 8.12. The Morgan fingerprint density at radius 2 is 1.72 bits per heavy atom. The molecule has 0 spiro atoms. The van der Waals surface area contributed by atoms with E-state index >= 15 is 0 Å². The lowest BCUT2D eigenvalue weighted by molar-refractivity contribution is -0.148. The van der Waals surface area contributed by atoms with E-state index in [-0.39, 0.29) is 31.8 Å².